The Morgan fingerprint density at radius 2 is 2.33 bits per heavy atom. The van der Waals surface area contributed by atoms with Gasteiger partial charge in [0.15, 0.2) is 0 Å². The number of rotatable bonds is 4. The minimum Gasteiger partial charge on any atom is -0.317 e. The first-order valence-corrected chi connectivity index (χ1v) is 6.39. The first-order valence-electron chi connectivity index (χ1n) is 6.39. The largest absolute Gasteiger partial charge is 0.319 e. The number of hydrogen-bond acceptors (Lipinski definition) is 3. The highest BCUT2D eigenvalue weighted by molar-refractivity contribution is 4.93. The van der Waals surface area contributed by atoms with Gasteiger partial charge in [-0.2, -0.15) is 8.78 Å². The number of imidazole rings is 1. The summed E-state index contributed by atoms with van der Waals surface area (Å²) in [7, 11) is 1.99. The fourth-order valence-electron chi connectivity index (χ4n) is 2.44. The number of nitrogens with one attached hydrogen (secondary N) is 1. The maximum absolute atomic E-state index is 12.7. The van der Waals surface area contributed by atoms with Crippen LogP contribution in [0.15, 0.2) is 12.4 Å². The highest BCUT2D eigenvalue weighted by Gasteiger charge is 2.19. The summed E-state index contributed by atoms with van der Waals surface area (Å²) in [6.45, 7) is 0.0164. The van der Waals surface area contributed by atoms with Gasteiger partial charge in [-0.25, -0.2) is 4.98 Å². The Morgan fingerprint density at radius 1 is 1.50 bits per heavy atom. The quantitative estimate of drug-likeness (QED) is 0.894. The van der Waals surface area contributed by atoms with Crippen LogP contribution in [0.1, 0.15) is 31.6 Å². The molecule has 2 heterocycles. The van der Waals surface area contributed by atoms with Gasteiger partial charge in [-0.15, -0.1) is 0 Å². The summed E-state index contributed by atoms with van der Waals surface area (Å²) in [5, 5.41) is 3.35. The SMILES string of the molecule is CN(Cc1nccn1C(F)F)C1CCCNCC1. The van der Waals surface area contributed by atoms with E-state index in [2.05, 4.69) is 15.2 Å². The van der Waals surface area contributed by atoms with Gasteiger partial charge in [-0.3, -0.25) is 9.47 Å². The molecule has 1 fully saturated rings. The van der Waals surface area contributed by atoms with Crippen LogP contribution in [0.25, 0.3) is 0 Å². The van der Waals surface area contributed by atoms with Crippen molar-refractivity contribution in [2.75, 3.05) is 20.1 Å². The Balaban J connectivity index is 1.97. The standard InChI is InChI=1S/C12H20F2N4/c1-17(10-3-2-5-15-6-4-10)9-11-16-7-8-18(11)12(13)14/h7-8,10,12,15H,2-6,9H2,1H3. The van der Waals surface area contributed by atoms with E-state index in [1.54, 1.807) is 0 Å². The summed E-state index contributed by atoms with van der Waals surface area (Å²) in [5.41, 5.74) is 0. The summed E-state index contributed by atoms with van der Waals surface area (Å²) in [6, 6.07) is 0.447. The van der Waals surface area contributed by atoms with E-state index in [1.165, 1.54) is 12.4 Å². The lowest BCUT2D eigenvalue weighted by atomic mass is 10.1. The van der Waals surface area contributed by atoms with Crippen molar-refractivity contribution < 1.29 is 8.78 Å². The molecule has 102 valence electrons. The second-order valence-electron chi connectivity index (χ2n) is 4.78. The van der Waals surface area contributed by atoms with Gasteiger partial charge in [0.25, 0.3) is 0 Å². The summed E-state index contributed by atoms with van der Waals surface area (Å²) in [4.78, 5) is 6.15. The van der Waals surface area contributed by atoms with E-state index in [-0.39, 0.29) is 0 Å². The summed E-state index contributed by atoms with van der Waals surface area (Å²) < 4.78 is 26.4. The van der Waals surface area contributed by atoms with Gasteiger partial charge in [0.1, 0.15) is 5.82 Å². The van der Waals surface area contributed by atoms with Crippen molar-refractivity contribution in [1.82, 2.24) is 19.8 Å². The lowest BCUT2D eigenvalue weighted by molar-refractivity contribution is 0.0631. The van der Waals surface area contributed by atoms with Crippen LogP contribution >= 0.6 is 0 Å². The van der Waals surface area contributed by atoms with Crippen molar-refractivity contribution in [2.45, 2.75) is 38.4 Å². The smallest absolute Gasteiger partial charge is 0.317 e. The van der Waals surface area contributed by atoms with E-state index in [0.29, 0.717) is 18.4 Å². The van der Waals surface area contributed by atoms with E-state index >= 15 is 0 Å². The first-order chi connectivity index (χ1) is 8.68. The molecule has 1 unspecified atom stereocenters. The van der Waals surface area contributed by atoms with Gasteiger partial charge in [0.2, 0.25) is 0 Å². The molecule has 1 aromatic heterocycles. The minimum atomic E-state index is -2.51. The van der Waals surface area contributed by atoms with E-state index in [0.717, 1.165) is 36.9 Å². The Labute approximate surface area is 106 Å². The molecule has 1 atom stereocenters. The van der Waals surface area contributed by atoms with Gasteiger partial charge >= 0.3 is 6.55 Å². The Bertz CT molecular complexity index is 359. The Kier molecular flexibility index (Phi) is 4.66. The lowest BCUT2D eigenvalue weighted by Gasteiger charge is -2.26. The van der Waals surface area contributed by atoms with Gasteiger partial charge in [-0.1, -0.05) is 0 Å². The van der Waals surface area contributed by atoms with Crippen LogP contribution in [0.5, 0.6) is 0 Å². The summed E-state index contributed by atoms with van der Waals surface area (Å²) in [5.74, 6) is 0.435. The molecular formula is C12H20F2N4. The normalized spacial score (nSPS) is 21.5. The maximum atomic E-state index is 12.7. The number of alkyl halides is 2. The van der Waals surface area contributed by atoms with Crippen molar-refractivity contribution >= 4 is 0 Å². The van der Waals surface area contributed by atoms with Crippen LogP contribution < -0.4 is 5.32 Å². The third-order valence-electron chi connectivity index (χ3n) is 3.52. The van der Waals surface area contributed by atoms with Crippen LogP contribution in [0, 0.1) is 0 Å². The maximum Gasteiger partial charge on any atom is 0.319 e. The zero-order valence-electron chi connectivity index (χ0n) is 10.6. The highest BCUT2D eigenvalue weighted by Crippen LogP contribution is 2.17. The molecule has 0 aromatic carbocycles. The van der Waals surface area contributed by atoms with Gasteiger partial charge < -0.3 is 5.32 Å². The van der Waals surface area contributed by atoms with Gasteiger partial charge in [-0.05, 0) is 39.4 Å². The minimum absolute atomic E-state index is 0.435. The molecule has 1 saturated heterocycles. The molecule has 1 aliphatic heterocycles. The van der Waals surface area contributed by atoms with E-state index in [4.69, 9.17) is 0 Å². The lowest BCUT2D eigenvalue weighted by Crippen LogP contribution is -2.33. The average Bonchev–Trinajstić information content (AvgIpc) is 2.63. The molecule has 2 rings (SSSR count). The molecule has 0 saturated carbocycles. The van der Waals surface area contributed by atoms with Crippen molar-refractivity contribution in [3.63, 3.8) is 0 Å². The molecule has 1 aliphatic rings. The van der Waals surface area contributed by atoms with Crippen LogP contribution in [-0.4, -0.2) is 40.6 Å². The molecule has 1 aromatic rings. The zero-order chi connectivity index (χ0) is 13.0. The third-order valence-corrected chi connectivity index (χ3v) is 3.52. The molecular weight excluding hydrogens is 238 g/mol. The Morgan fingerprint density at radius 3 is 3.11 bits per heavy atom. The average molecular weight is 258 g/mol. The van der Waals surface area contributed by atoms with Crippen LogP contribution in [-0.2, 0) is 6.54 Å². The molecule has 4 nitrogen and oxygen atoms in total. The molecule has 18 heavy (non-hydrogen) atoms. The molecule has 0 amide bonds. The second-order valence-corrected chi connectivity index (χ2v) is 4.78. The van der Waals surface area contributed by atoms with Crippen LogP contribution in [0.2, 0.25) is 0 Å². The number of aromatic nitrogens is 2. The van der Waals surface area contributed by atoms with Crippen molar-refractivity contribution in [3.05, 3.63) is 18.2 Å². The topological polar surface area (TPSA) is 33.1 Å². The van der Waals surface area contributed by atoms with Crippen LogP contribution in [0.4, 0.5) is 8.78 Å². The van der Waals surface area contributed by atoms with Crippen molar-refractivity contribution in [1.29, 1.82) is 0 Å². The zero-order valence-corrected chi connectivity index (χ0v) is 10.6. The predicted octanol–water partition coefficient (Wildman–Crippen LogP) is 1.85. The molecule has 0 radical (unpaired) electrons. The molecule has 0 aliphatic carbocycles. The predicted molar refractivity (Wildman–Crippen MR) is 65.5 cm³/mol. The number of hydrogen-bond donors (Lipinski definition) is 1. The molecule has 1 N–H and O–H groups in total. The fourth-order valence-corrected chi connectivity index (χ4v) is 2.44. The van der Waals surface area contributed by atoms with Crippen molar-refractivity contribution in [3.8, 4) is 0 Å². The summed E-state index contributed by atoms with van der Waals surface area (Å²) >= 11 is 0. The van der Waals surface area contributed by atoms with Gasteiger partial charge in [0.05, 0.1) is 6.54 Å². The Hall–Kier alpha value is -1.01. The van der Waals surface area contributed by atoms with Gasteiger partial charge in [0, 0.05) is 18.4 Å². The van der Waals surface area contributed by atoms with Crippen molar-refractivity contribution in [2.24, 2.45) is 0 Å². The monoisotopic (exact) mass is 258 g/mol. The summed E-state index contributed by atoms with van der Waals surface area (Å²) in [6.07, 6.45) is 6.08. The fraction of sp³-hybridized carbons (Fsp3) is 0.750. The highest BCUT2D eigenvalue weighted by atomic mass is 19.3. The molecule has 0 spiro atoms. The van der Waals surface area contributed by atoms with E-state index in [1.807, 2.05) is 7.05 Å². The number of halogens is 2. The van der Waals surface area contributed by atoms with Crippen LogP contribution in [0.3, 0.4) is 0 Å². The molecule has 0 bridgehead atoms. The third kappa shape index (κ3) is 3.26. The van der Waals surface area contributed by atoms with E-state index < -0.39 is 6.55 Å². The van der Waals surface area contributed by atoms with E-state index in [9.17, 15) is 8.78 Å². The molecule has 6 heteroatoms. The number of nitrogens with zero attached hydrogens (tertiary/aromatic N) is 3. The first kappa shape index (κ1) is 13.4. The second kappa shape index (κ2) is 6.24.